The predicted octanol–water partition coefficient (Wildman–Crippen LogP) is 2.41. The fourth-order valence-corrected chi connectivity index (χ4v) is 5.16. The third-order valence-corrected chi connectivity index (χ3v) is 6.70. The van der Waals surface area contributed by atoms with Gasteiger partial charge in [0.05, 0.1) is 41.6 Å². The molecule has 0 saturated carbocycles. The van der Waals surface area contributed by atoms with Crippen LogP contribution in [0.3, 0.4) is 0 Å². The van der Waals surface area contributed by atoms with E-state index in [1.807, 2.05) is 24.0 Å². The van der Waals surface area contributed by atoms with Crippen molar-refractivity contribution >= 4 is 11.2 Å². The molecule has 0 unspecified atom stereocenters. The van der Waals surface area contributed by atoms with Gasteiger partial charge in [-0.15, -0.1) is 0 Å². The lowest BCUT2D eigenvalue weighted by Crippen LogP contribution is -2.37. The Hall–Kier alpha value is -3.71. The number of rotatable bonds is 3. The van der Waals surface area contributed by atoms with E-state index in [0.29, 0.717) is 24.3 Å². The molecule has 2 aliphatic heterocycles. The number of hydrogen-bond donors (Lipinski definition) is 0. The lowest BCUT2D eigenvalue weighted by molar-refractivity contribution is 0.240. The maximum Gasteiger partial charge on any atom is 0.171 e. The zero-order valence-electron chi connectivity index (χ0n) is 18.6. The average molecular weight is 446 g/mol. The van der Waals surface area contributed by atoms with Crippen LogP contribution in [0.4, 0.5) is 10.1 Å². The predicted molar refractivity (Wildman–Crippen MR) is 119 cm³/mol. The van der Waals surface area contributed by atoms with Crippen LogP contribution in [0, 0.1) is 17.1 Å². The van der Waals surface area contributed by atoms with Crippen LogP contribution in [0.15, 0.2) is 30.6 Å². The first-order chi connectivity index (χ1) is 16.0. The molecule has 0 amide bonds. The largest absolute Gasteiger partial charge is 0.362 e. The summed E-state index contributed by atoms with van der Waals surface area (Å²) in [5, 5.41) is 22.9. The number of nitriles is 1. The van der Waals surface area contributed by atoms with E-state index in [1.165, 1.54) is 22.0 Å². The van der Waals surface area contributed by atoms with Crippen molar-refractivity contribution in [2.24, 2.45) is 7.05 Å². The van der Waals surface area contributed by atoms with E-state index in [1.54, 1.807) is 6.07 Å². The van der Waals surface area contributed by atoms with Crippen LogP contribution < -0.4 is 4.90 Å². The van der Waals surface area contributed by atoms with Gasteiger partial charge in [-0.25, -0.2) is 8.91 Å². The van der Waals surface area contributed by atoms with Crippen molar-refractivity contribution in [1.82, 2.24) is 34.1 Å². The second kappa shape index (κ2) is 7.42. The van der Waals surface area contributed by atoms with Crippen LogP contribution in [-0.4, -0.2) is 47.2 Å². The SMILES string of the molecule is C[C@@H]1CN(c2ccc(C#N)n3ncc(F)c23)Cc2c3c(nn21)CCN(Cc1ccn(C)n1)C3. The first kappa shape index (κ1) is 19.9. The summed E-state index contributed by atoms with van der Waals surface area (Å²) in [5.41, 5.74) is 6.09. The molecule has 9 nitrogen and oxygen atoms in total. The van der Waals surface area contributed by atoms with Crippen molar-refractivity contribution in [3.05, 3.63) is 64.7 Å². The average Bonchev–Trinajstić information content (AvgIpc) is 3.51. The van der Waals surface area contributed by atoms with Gasteiger partial charge in [-0.2, -0.15) is 20.6 Å². The van der Waals surface area contributed by atoms with Gasteiger partial charge in [0.1, 0.15) is 17.3 Å². The number of halogens is 1. The van der Waals surface area contributed by atoms with Crippen molar-refractivity contribution in [2.45, 2.75) is 39.0 Å². The Morgan fingerprint density at radius 1 is 1.21 bits per heavy atom. The molecule has 2 aliphatic rings. The molecule has 4 aromatic rings. The van der Waals surface area contributed by atoms with Crippen LogP contribution in [0.1, 0.15) is 41.3 Å². The second-order valence-corrected chi connectivity index (χ2v) is 8.96. The van der Waals surface area contributed by atoms with E-state index in [-0.39, 0.29) is 6.04 Å². The molecule has 0 radical (unpaired) electrons. The zero-order valence-corrected chi connectivity index (χ0v) is 18.6. The van der Waals surface area contributed by atoms with Crippen molar-refractivity contribution in [3.8, 4) is 6.07 Å². The summed E-state index contributed by atoms with van der Waals surface area (Å²) < 4.78 is 20.1. The van der Waals surface area contributed by atoms with Gasteiger partial charge in [0.25, 0.3) is 0 Å². The maximum atomic E-state index is 14.7. The molecule has 6 rings (SSSR count). The normalized spacial score (nSPS) is 18.4. The van der Waals surface area contributed by atoms with E-state index in [4.69, 9.17) is 5.10 Å². The van der Waals surface area contributed by atoms with Gasteiger partial charge in [0, 0.05) is 51.4 Å². The first-order valence-corrected chi connectivity index (χ1v) is 11.1. The molecule has 0 aliphatic carbocycles. The maximum absolute atomic E-state index is 14.7. The van der Waals surface area contributed by atoms with Crippen LogP contribution in [0.2, 0.25) is 0 Å². The second-order valence-electron chi connectivity index (χ2n) is 8.96. The van der Waals surface area contributed by atoms with Crippen molar-refractivity contribution in [3.63, 3.8) is 0 Å². The zero-order chi connectivity index (χ0) is 22.7. The number of nitrogens with zero attached hydrogens (tertiary/aromatic N) is 9. The third-order valence-electron chi connectivity index (χ3n) is 6.70. The van der Waals surface area contributed by atoms with Gasteiger partial charge in [-0.05, 0) is 25.1 Å². The quantitative estimate of drug-likeness (QED) is 0.482. The molecule has 33 heavy (non-hydrogen) atoms. The van der Waals surface area contributed by atoms with Crippen LogP contribution in [0.25, 0.3) is 5.52 Å². The number of anilines is 1. The number of fused-ring (bicyclic) bond motifs is 4. The summed E-state index contributed by atoms with van der Waals surface area (Å²) >= 11 is 0. The summed E-state index contributed by atoms with van der Waals surface area (Å²) in [5.74, 6) is -0.419. The molecule has 10 heteroatoms. The minimum absolute atomic E-state index is 0.144. The minimum atomic E-state index is -0.419. The van der Waals surface area contributed by atoms with E-state index in [0.717, 1.165) is 43.1 Å². The van der Waals surface area contributed by atoms with E-state index in [2.05, 4.69) is 43.7 Å². The Bertz CT molecular complexity index is 1410. The fourth-order valence-electron chi connectivity index (χ4n) is 5.16. The van der Waals surface area contributed by atoms with Gasteiger partial charge < -0.3 is 4.90 Å². The van der Waals surface area contributed by atoms with Gasteiger partial charge in [0.2, 0.25) is 0 Å². The Labute approximate surface area is 190 Å². The highest BCUT2D eigenvalue weighted by atomic mass is 19.1. The number of hydrogen-bond acceptors (Lipinski definition) is 6. The first-order valence-electron chi connectivity index (χ1n) is 11.1. The van der Waals surface area contributed by atoms with Gasteiger partial charge in [-0.3, -0.25) is 14.3 Å². The molecule has 1 atom stereocenters. The highest BCUT2D eigenvalue weighted by molar-refractivity contribution is 5.75. The Morgan fingerprint density at radius 3 is 2.88 bits per heavy atom. The summed E-state index contributed by atoms with van der Waals surface area (Å²) in [7, 11) is 1.94. The van der Waals surface area contributed by atoms with Crippen LogP contribution in [0.5, 0.6) is 0 Å². The molecule has 4 aromatic heterocycles. The summed E-state index contributed by atoms with van der Waals surface area (Å²) in [6, 6.07) is 7.83. The summed E-state index contributed by atoms with van der Waals surface area (Å²) in [6.07, 6.45) is 4.06. The fraction of sp³-hybridized carbons (Fsp3) is 0.391. The van der Waals surface area contributed by atoms with Crippen LogP contribution in [-0.2, 0) is 33.1 Å². The summed E-state index contributed by atoms with van der Waals surface area (Å²) in [4.78, 5) is 4.59. The molecule has 6 heterocycles. The molecule has 0 bridgehead atoms. The minimum Gasteiger partial charge on any atom is -0.362 e. The van der Waals surface area contributed by atoms with Gasteiger partial charge >= 0.3 is 0 Å². The molecule has 0 fully saturated rings. The Morgan fingerprint density at radius 2 is 2.09 bits per heavy atom. The molecule has 0 aromatic carbocycles. The van der Waals surface area contributed by atoms with E-state index >= 15 is 0 Å². The molecular formula is C23H24FN9. The molecule has 0 spiro atoms. The standard InChI is InChI=1S/C23H24FN9/c1-15-11-31(21-4-3-17(9-25)33-23(21)19(24)10-26-33)14-22-18-13-30(8-6-20(18)28-32(15)22)12-16-5-7-29(2)27-16/h3-5,7,10,15H,6,8,11-14H2,1-2H3/t15-/m1/s1. The monoisotopic (exact) mass is 445 g/mol. The smallest absolute Gasteiger partial charge is 0.171 e. The molecule has 168 valence electrons. The van der Waals surface area contributed by atoms with Crippen LogP contribution >= 0.6 is 0 Å². The number of aromatic nitrogens is 6. The van der Waals surface area contributed by atoms with E-state index in [9.17, 15) is 9.65 Å². The highest BCUT2D eigenvalue weighted by Crippen LogP contribution is 2.34. The Kier molecular flexibility index (Phi) is 4.48. The highest BCUT2D eigenvalue weighted by Gasteiger charge is 2.32. The summed E-state index contributed by atoms with van der Waals surface area (Å²) in [6.45, 7) is 6.07. The Balaban J connectivity index is 1.34. The molecule has 0 saturated heterocycles. The van der Waals surface area contributed by atoms with Crippen molar-refractivity contribution < 1.29 is 4.39 Å². The third kappa shape index (κ3) is 3.19. The topological polar surface area (TPSA) is 83.2 Å². The van der Waals surface area contributed by atoms with E-state index < -0.39 is 5.82 Å². The molecular weight excluding hydrogens is 421 g/mol. The lowest BCUT2D eigenvalue weighted by Gasteiger charge is -2.35. The number of aryl methyl sites for hydroxylation is 1. The number of pyridine rings is 1. The molecule has 0 N–H and O–H groups in total. The van der Waals surface area contributed by atoms with Crippen molar-refractivity contribution in [2.75, 3.05) is 18.0 Å². The lowest BCUT2D eigenvalue weighted by atomic mass is 10.0. The van der Waals surface area contributed by atoms with Gasteiger partial charge in [-0.1, -0.05) is 0 Å². The van der Waals surface area contributed by atoms with Gasteiger partial charge in [0.15, 0.2) is 5.82 Å². The van der Waals surface area contributed by atoms with Crippen molar-refractivity contribution in [1.29, 1.82) is 5.26 Å².